The number of halogens is 1. The molecule has 0 fully saturated rings. The lowest BCUT2D eigenvalue weighted by atomic mass is 10.1. The second kappa shape index (κ2) is 6.13. The molecular weight excluding hydrogens is 320 g/mol. The molecule has 0 aliphatic rings. The van der Waals surface area contributed by atoms with Gasteiger partial charge in [-0.3, -0.25) is 0 Å². The maximum absolute atomic E-state index is 12.1. The fraction of sp³-hybridized carbons (Fsp3) is 0.267. The van der Waals surface area contributed by atoms with Gasteiger partial charge < -0.3 is 14.6 Å². The van der Waals surface area contributed by atoms with Gasteiger partial charge in [0.1, 0.15) is 5.76 Å². The van der Waals surface area contributed by atoms with E-state index in [1.54, 1.807) is 11.9 Å². The summed E-state index contributed by atoms with van der Waals surface area (Å²) >= 11 is 3.24. The Morgan fingerprint density at radius 3 is 2.70 bits per heavy atom. The molecule has 1 heterocycles. The predicted octanol–water partition coefficient (Wildman–Crippen LogP) is 4.32. The zero-order chi connectivity index (χ0) is 14.7. The van der Waals surface area contributed by atoms with E-state index in [9.17, 15) is 4.79 Å². The molecule has 1 aromatic heterocycles. The first-order valence-electron chi connectivity index (χ1n) is 6.29. The lowest BCUT2D eigenvalue weighted by Gasteiger charge is -2.18. The zero-order valence-corrected chi connectivity index (χ0v) is 13.3. The van der Waals surface area contributed by atoms with Crippen LogP contribution in [0.15, 0.2) is 39.4 Å². The van der Waals surface area contributed by atoms with Crippen molar-refractivity contribution in [3.05, 3.63) is 51.9 Å². The van der Waals surface area contributed by atoms with Gasteiger partial charge in [-0.15, -0.1) is 0 Å². The minimum atomic E-state index is -0.161. The molecule has 0 atom stereocenters. The SMILES string of the molecule is Cc1ccc(C)c(NC(=O)N(C)Cc2ccc(Br)o2)c1. The van der Waals surface area contributed by atoms with Gasteiger partial charge in [0.05, 0.1) is 6.54 Å². The van der Waals surface area contributed by atoms with Crippen LogP contribution in [0, 0.1) is 13.8 Å². The number of amides is 2. The minimum absolute atomic E-state index is 0.161. The normalized spacial score (nSPS) is 10.4. The van der Waals surface area contributed by atoms with Crippen molar-refractivity contribution >= 4 is 27.6 Å². The second-order valence-electron chi connectivity index (χ2n) is 4.81. The second-order valence-corrected chi connectivity index (χ2v) is 5.59. The topological polar surface area (TPSA) is 45.5 Å². The standard InChI is InChI=1S/C15H17BrN2O2/c1-10-4-5-11(2)13(8-10)17-15(19)18(3)9-12-6-7-14(16)20-12/h4-8H,9H2,1-3H3,(H,17,19). The number of nitrogens with one attached hydrogen (secondary N) is 1. The third kappa shape index (κ3) is 3.63. The molecule has 5 heteroatoms. The number of hydrogen-bond acceptors (Lipinski definition) is 2. The number of anilines is 1. The van der Waals surface area contributed by atoms with E-state index in [-0.39, 0.29) is 6.03 Å². The number of carbonyl (C=O) groups excluding carboxylic acids is 1. The largest absolute Gasteiger partial charge is 0.452 e. The van der Waals surface area contributed by atoms with E-state index in [0.29, 0.717) is 11.2 Å². The van der Waals surface area contributed by atoms with E-state index in [0.717, 1.165) is 22.6 Å². The summed E-state index contributed by atoms with van der Waals surface area (Å²) in [6.45, 7) is 4.39. The van der Waals surface area contributed by atoms with Gasteiger partial charge in [-0.2, -0.15) is 0 Å². The van der Waals surface area contributed by atoms with Gasteiger partial charge in [0.25, 0.3) is 0 Å². The fourth-order valence-corrected chi connectivity index (χ4v) is 2.16. The summed E-state index contributed by atoms with van der Waals surface area (Å²) in [6.07, 6.45) is 0. The van der Waals surface area contributed by atoms with Crippen LogP contribution in [0.25, 0.3) is 0 Å². The summed E-state index contributed by atoms with van der Waals surface area (Å²) in [5, 5.41) is 2.91. The van der Waals surface area contributed by atoms with Crippen molar-refractivity contribution < 1.29 is 9.21 Å². The predicted molar refractivity (Wildman–Crippen MR) is 82.8 cm³/mol. The van der Waals surface area contributed by atoms with Gasteiger partial charge in [-0.1, -0.05) is 12.1 Å². The molecule has 1 N–H and O–H groups in total. The van der Waals surface area contributed by atoms with Crippen LogP contribution in [0.5, 0.6) is 0 Å². The summed E-state index contributed by atoms with van der Waals surface area (Å²) in [4.78, 5) is 13.7. The number of furan rings is 1. The van der Waals surface area contributed by atoms with E-state index in [4.69, 9.17) is 4.42 Å². The number of hydrogen-bond donors (Lipinski definition) is 1. The molecule has 4 nitrogen and oxygen atoms in total. The smallest absolute Gasteiger partial charge is 0.322 e. The average molecular weight is 337 g/mol. The molecule has 1 aromatic carbocycles. The third-order valence-corrected chi connectivity index (χ3v) is 3.43. The van der Waals surface area contributed by atoms with Crippen molar-refractivity contribution in [2.45, 2.75) is 20.4 Å². The van der Waals surface area contributed by atoms with Crippen LogP contribution in [0.2, 0.25) is 0 Å². The van der Waals surface area contributed by atoms with Crippen LogP contribution < -0.4 is 5.32 Å². The molecule has 0 saturated heterocycles. The van der Waals surface area contributed by atoms with Crippen LogP contribution in [-0.4, -0.2) is 18.0 Å². The van der Waals surface area contributed by atoms with Gasteiger partial charge in [-0.05, 0) is 59.1 Å². The molecule has 20 heavy (non-hydrogen) atoms. The maximum atomic E-state index is 12.1. The first kappa shape index (κ1) is 14.7. The Hall–Kier alpha value is -1.75. The molecule has 2 amide bonds. The van der Waals surface area contributed by atoms with Crippen molar-refractivity contribution in [3.63, 3.8) is 0 Å². The molecule has 0 saturated carbocycles. The Labute approximate surface area is 126 Å². The average Bonchev–Trinajstić information content (AvgIpc) is 2.79. The first-order valence-corrected chi connectivity index (χ1v) is 7.08. The van der Waals surface area contributed by atoms with Crippen molar-refractivity contribution in [1.29, 1.82) is 0 Å². The van der Waals surface area contributed by atoms with Crippen LogP contribution in [0.4, 0.5) is 10.5 Å². The van der Waals surface area contributed by atoms with Crippen molar-refractivity contribution in [2.75, 3.05) is 12.4 Å². The number of aryl methyl sites for hydroxylation is 2. The lowest BCUT2D eigenvalue weighted by molar-refractivity contribution is 0.216. The van der Waals surface area contributed by atoms with E-state index >= 15 is 0 Å². The molecule has 0 bridgehead atoms. The molecule has 0 radical (unpaired) electrons. The minimum Gasteiger partial charge on any atom is -0.452 e. The Kier molecular flexibility index (Phi) is 4.49. The van der Waals surface area contributed by atoms with Gasteiger partial charge >= 0.3 is 6.03 Å². The highest BCUT2D eigenvalue weighted by atomic mass is 79.9. The van der Waals surface area contributed by atoms with E-state index < -0.39 is 0 Å². The van der Waals surface area contributed by atoms with Crippen molar-refractivity contribution in [2.24, 2.45) is 0 Å². The van der Waals surface area contributed by atoms with Crippen LogP contribution in [0.1, 0.15) is 16.9 Å². The van der Waals surface area contributed by atoms with Gasteiger partial charge in [0, 0.05) is 12.7 Å². The van der Waals surface area contributed by atoms with Crippen LogP contribution >= 0.6 is 15.9 Å². The van der Waals surface area contributed by atoms with E-state index in [1.807, 2.05) is 44.2 Å². The molecule has 0 spiro atoms. The Bertz CT molecular complexity index is 622. The Balaban J connectivity index is 2.02. The zero-order valence-electron chi connectivity index (χ0n) is 11.7. The molecule has 0 aliphatic carbocycles. The third-order valence-electron chi connectivity index (χ3n) is 3.00. The monoisotopic (exact) mass is 336 g/mol. The molecule has 106 valence electrons. The number of carbonyl (C=O) groups is 1. The first-order chi connectivity index (χ1) is 9.45. The van der Waals surface area contributed by atoms with Crippen LogP contribution in [0.3, 0.4) is 0 Å². The summed E-state index contributed by atoms with van der Waals surface area (Å²) in [6, 6.07) is 9.47. The number of rotatable bonds is 3. The highest BCUT2D eigenvalue weighted by Gasteiger charge is 2.12. The maximum Gasteiger partial charge on any atom is 0.322 e. The van der Waals surface area contributed by atoms with Crippen molar-refractivity contribution in [1.82, 2.24) is 4.90 Å². The highest BCUT2D eigenvalue weighted by Crippen LogP contribution is 2.18. The van der Waals surface area contributed by atoms with E-state index in [1.165, 1.54) is 0 Å². The number of urea groups is 1. The quantitative estimate of drug-likeness (QED) is 0.906. The summed E-state index contributed by atoms with van der Waals surface area (Å²) in [7, 11) is 1.73. The molecule has 2 aromatic rings. The number of benzene rings is 1. The highest BCUT2D eigenvalue weighted by molar-refractivity contribution is 9.10. The lowest BCUT2D eigenvalue weighted by Crippen LogP contribution is -2.30. The van der Waals surface area contributed by atoms with Crippen LogP contribution in [-0.2, 0) is 6.54 Å². The Morgan fingerprint density at radius 1 is 1.30 bits per heavy atom. The summed E-state index contributed by atoms with van der Waals surface area (Å²) in [5.41, 5.74) is 2.99. The van der Waals surface area contributed by atoms with E-state index in [2.05, 4.69) is 21.2 Å². The van der Waals surface area contributed by atoms with Gasteiger partial charge in [0.2, 0.25) is 0 Å². The summed E-state index contributed by atoms with van der Waals surface area (Å²) < 4.78 is 6.06. The molecule has 0 unspecified atom stereocenters. The van der Waals surface area contributed by atoms with Crippen molar-refractivity contribution in [3.8, 4) is 0 Å². The Morgan fingerprint density at radius 2 is 2.05 bits per heavy atom. The molecule has 2 rings (SSSR count). The number of nitrogens with zero attached hydrogens (tertiary/aromatic N) is 1. The van der Waals surface area contributed by atoms with Gasteiger partial charge in [0.15, 0.2) is 4.67 Å². The summed E-state index contributed by atoms with van der Waals surface area (Å²) in [5.74, 6) is 0.732. The van der Waals surface area contributed by atoms with Gasteiger partial charge in [-0.25, -0.2) is 4.79 Å². The fourth-order valence-electron chi connectivity index (χ4n) is 1.82. The molecule has 0 aliphatic heterocycles. The molecular formula is C15H17BrN2O2.